The van der Waals surface area contributed by atoms with E-state index in [9.17, 15) is 4.79 Å². The van der Waals surface area contributed by atoms with Crippen LogP contribution in [0.25, 0.3) is 17.0 Å². The number of nitrogens with zero attached hydrogens (tertiary/aromatic N) is 3. The molecule has 1 atom stereocenters. The van der Waals surface area contributed by atoms with Crippen molar-refractivity contribution in [2.75, 3.05) is 27.4 Å². The molecule has 0 spiro atoms. The van der Waals surface area contributed by atoms with Crippen molar-refractivity contribution in [1.82, 2.24) is 20.4 Å². The Hall–Kier alpha value is -3.36. The number of carbonyl (C=O) groups is 1. The molecule has 33 heavy (non-hydrogen) atoms. The van der Waals surface area contributed by atoms with E-state index < -0.39 is 6.04 Å². The Morgan fingerprint density at radius 3 is 2.70 bits per heavy atom. The lowest BCUT2D eigenvalue weighted by atomic mass is 9.94. The van der Waals surface area contributed by atoms with E-state index in [1.54, 1.807) is 31.3 Å². The number of hydrogen-bond acceptors (Lipinski definition) is 6. The Kier molecular flexibility index (Phi) is 6.96. The Labute approximate surface area is 197 Å². The van der Waals surface area contributed by atoms with Gasteiger partial charge in [-0.3, -0.25) is 4.90 Å². The highest BCUT2D eigenvalue weighted by atomic mass is 35.5. The molecule has 2 aromatic carbocycles. The molecule has 0 aliphatic carbocycles. The van der Waals surface area contributed by atoms with Gasteiger partial charge < -0.3 is 19.3 Å². The SMILES string of the molecule is COCCCN1C(=O)NC(c2ccc(Cl)cc2)C(c2nc(-c3cccc(OC)c3)no2)=C1C. The van der Waals surface area contributed by atoms with Gasteiger partial charge in [0, 0.05) is 36.5 Å². The summed E-state index contributed by atoms with van der Waals surface area (Å²) in [4.78, 5) is 19.3. The summed E-state index contributed by atoms with van der Waals surface area (Å²) in [5.74, 6) is 1.46. The number of ether oxygens (including phenoxy) is 2. The summed E-state index contributed by atoms with van der Waals surface area (Å²) in [6.07, 6.45) is 0.693. The number of nitrogens with one attached hydrogen (secondary N) is 1. The van der Waals surface area contributed by atoms with Crippen LogP contribution in [-0.2, 0) is 4.74 Å². The van der Waals surface area contributed by atoms with Gasteiger partial charge in [0.15, 0.2) is 0 Å². The number of halogens is 1. The molecular weight excluding hydrogens is 444 g/mol. The van der Waals surface area contributed by atoms with Crippen LogP contribution in [0.15, 0.2) is 58.8 Å². The van der Waals surface area contributed by atoms with Gasteiger partial charge in [-0.25, -0.2) is 4.79 Å². The molecule has 172 valence electrons. The molecular formula is C24H25ClN4O4. The lowest BCUT2D eigenvalue weighted by molar-refractivity contribution is 0.174. The van der Waals surface area contributed by atoms with Crippen molar-refractivity contribution in [3.05, 3.63) is 70.7 Å². The third kappa shape index (κ3) is 4.86. The third-order valence-corrected chi connectivity index (χ3v) is 5.77. The first-order valence-electron chi connectivity index (χ1n) is 10.5. The van der Waals surface area contributed by atoms with E-state index in [0.29, 0.717) is 42.1 Å². The molecule has 1 aliphatic heterocycles. The van der Waals surface area contributed by atoms with Gasteiger partial charge in [-0.05, 0) is 43.2 Å². The molecule has 0 saturated carbocycles. The van der Waals surface area contributed by atoms with Crippen molar-refractivity contribution >= 4 is 23.2 Å². The summed E-state index contributed by atoms with van der Waals surface area (Å²) in [6.45, 7) is 2.94. The van der Waals surface area contributed by atoms with Gasteiger partial charge in [0.2, 0.25) is 5.82 Å². The lowest BCUT2D eigenvalue weighted by Gasteiger charge is -2.35. The van der Waals surface area contributed by atoms with E-state index >= 15 is 0 Å². The molecule has 3 aromatic rings. The summed E-state index contributed by atoms with van der Waals surface area (Å²) in [7, 11) is 3.24. The number of rotatable bonds is 8. The Balaban J connectivity index is 1.76. The quantitative estimate of drug-likeness (QED) is 0.471. The average Bonchev–Trinajstić information content (AvgIpc) is 3.31. The summed E-state index contributed by atoms with van der Waals surface area (Å²) in [5, 5.41) is 7.87. The van der Waals surface area contributed by atoms with Crippen molar-refractivity contribution < 1.29 is 18.8 Å². The summed E-state index contributed by atoms with van der Waals surface area (Å²) < 4.78 is 16.2. The molecule has 1 aliphatic rings. The molecule has 8 nitrogen and oxygen atoms in total. The van der Waals surface area contributed by atoms with Gasteiger partial charge in [-0.1, -0.05) is 41.0 Å². The number of amides is 2. The van der Waals surface area contributed by atoms with Crippen LogP contribution < -0.4 is 10.1 Å². The lowest BCUT2D eigenvalue weighted by Crippen LogP contribution is -2.46. The Morgan fingerprint density at radius 1 is 1.18 bits per heavy atom. The number of benzene rings is 2. The zero-order valence-electron chi connectivity index (χ0n) is 18.7. The second kappa shape index (κ2) is 10.1. The van der Waals surface area contributed by atoms with E-state index in [4.69, 9.17) is 25.6 Å². The first kappa shape index (κ1) is 22.8. The maximum Gasteiger partial charge on any atom is 0.322 e. The molecule has 1 N–H and O–H groups in total. The summed E-state index contributed by atoms with van der Waals surface area (Å²) in [6, 6.07) is 14.1. The van der Waals surface area contributed by atoms with Crippen molar-refractivity contribution in [3.8, 4) is 17.1 Å². The number of methoxy groups -OCH3 is 2. The Bertz CT molecular complexity index is 1160. The summed E-state index contributed by atoms with van der Waals surface area (Å²) in [5.41, 5.74) is 3.11. The third-order valence-electron chi connectivity index (χ3n) is 5.51. The number of urea groups is 1. The molecule has 1 unspecified atom stereocenters. The molecule has 9 heteroatoms. The number of hydrogen-bond donors (Lipinski definition) is 1. The average molecular weight is 469 g/mol. The largest absolute Gasteiger partial charge is 0.497 e. The molecule has 0 saturated heterocycles. The molecule has 0 radical (unpaired) electrons. The first-order chi connectivity index (χ1) is 16.0. The number of carbonyl (C=O) groups excluding carboxylic acids is 1. The number of aromatic nitrogens is 2. The highest BCUT2D eigenvalue weighted by Gasteiger charge is 2.35. The van der Waals surface area contributed by atoms with Crippen molar-refractivity contribution in [2.45, 2.75) is 19.4 Å². The van der Waals surface area contributed by atoms with Gasteiger partial charge in [0.25, 0.3) is 5.89 Å². The minimum absolute atomic E-state index is 0.195. The zero-order valence-corrected chi connectivity index (χ0v) is 19.4. The molecule has 2 heterocycles. The van der Waals surface area contributed by atoms with Crippen LogP contribution in [0.2, 0.25) is 5.02 Å². The van der Waals surface area contributed by atoms with Crippen molar-refractivity contribution in [3.63, 3.8) is 0 Å². The van der Waals surface area contributed by atoms with E-state index in [1.165, 1.54) is 0 Å². The van der Waals surface area contributed by atoms with E-state index in [-0.39, 0.29) is 6.03 Å². The zero-order chi connectivity index (χ0) is 23.4. The molecule has 0 bridgehead atoms. The van der Waals surface area contributed by atoms with Crippen LogP contribution in [0.5, 0.6) is 5.75 Å². The predicted molar refractivity (Wildman–Crippen MR) is 125 cm³/mol. The van der Waals surface area contributed by atoms with Crippen LogP contribution >= 0.6 is 11.6 Å². The second-order valence-electron chi connectivity index (χ2n) is 7.59. The Morgan fingerprint density at radius 2 is 1.97 bits per heavy atom. The van der Waals surface area contributed by atoms with Gasteiger partial charge in [0.05, 0.1) is 18.7 Å². The van der Waals surface area contributed by atoms with Crippen molar-refractivity contribution in [2.24, 2.45) is 0 Å². The maximum absolute atomic E-state index is 13.0. The van der Waals surface area contributed by atoms with Gasteiger partial charge in [-0.2, -0.15) is 4.98 Å². The fraction of sp³-hybridized carbons (Fsp3) is 0.292. The summed E-state index contributed by atoms with van der Waals surface area (Å²) >= 11 is 6.08. The molecule has 4 rings (SSSR count). The number of allylic oxidation sites excluding steroid dienone is 1. The van der Waals surface area contributed by atoms with Crippen LogP contribution in [-0.4, -0.2) is 48.4 Å². The second-order valence-corrected chi connectivity index (χ2v) is 8.02. The van der Waals surface area contributed by atoms with Crippen LogP contribution in [0.3, 0.4) is 0 Å². The van der Waals surface area contributed by atoms with E-state index in [1.807, 2.05) is 43.3 Å². The standard InChI is InChI=1S/C24H25ClN4O4/c1-15-20(23-27-22(28-33-23)17-6-4-7-19(14-17)32-3)21(16-8-10-18(25)11-9-16)26-24(30)29(15)12-5-13-31-2/h4,6-11,14,21H,5,12-13H2,1-3H3,(H,26,30). The fourth-order valence-electron chi connectivity index (χ4n) is 3.81. The van der Waals surface area contributed by atoms with E-state index in [2.05, 4.69) is 15.5 Å². The minimum atomic E-state index is -0.466. The topological polar surface area (TPSA) is 89.7 Å². The van der Waals surface area contributed by atoms with E-state index in [0.717, 1.165) is 22.4 Å². The highest BCUT2D eigenvalue weighted by molar-refractivity contribution is 6.30. The monoisotopic (exact) mass is 468 g/mol. The first-order valence-corrected chi connectivity index (χ1v) is 10.9. The smallest absolute Gasteiger partial charge is 0.322 e. The van der Waals surface area contributed by atoms with Crippen LogP contribution in [0.4, 0.5) is 4.79 Å². The molecule has 0 fully saturated rings. The molecule has 1 aromatic heterocycles. The molecule has 2 amide bonds. The predicted octanol–water partition coefficient (Wildman–Crippen LogP) is 4.93. The van der Waals surface area contributed by atoms with Crippen molar-refractivity contribution in [1.29, 1.82) is 0 Å². The maximum atomic E-state index is 13.0. The van der Waals surface area contributed by atoms with Crippen LogP contribution in [0, 0.1) is 0 Å². The van der Waals surface area contributed by atoms with Gasteiger partial charge >= 0.3 is 6.03 Å². The normalized spacial score (nSPS) is 16.2. The minimum Gasteiger partial charge on any atom is -0.497 e. The highest BCUT2D eigenvalue weighted by Crippen LogP contribution is 2.37. The van der Waals surface area contributed by atoms with Gasteiger partial charge in [-0.15, -0.1) is 0 Å². The van der Waals surface area contributed by atoms with Gasteiger partial charge in [0.1, 0.15) is 5.75 Å². The van der Waals surface area contributed by atoms with Crippen LogP contribution in [0.1, 0.15) is 30.8 Å². The fourth-order valence-corrected chi connectivity index (χ4v) is 3.94.